The van der Waals surface area contributed by atoms with Gasteiger partial charge in [-0.25, -0.2) is 0 Å². The zero-order valence-electron chi connectivity index (χ0n) is 12.1. The molecule has 108 valence electrons. The smallest absolute Gasteiger partial charge is 0.0486 e. The number of nitrogens with zero attached hydrogens (tertiary/aromatic N) is 1. The number of hydrogen-bond acceptors (Lipinski definition) is 1. The summed E-state index contributed by atoms with van der Waals surface area (Å²) < 4.78 is 2.38. The van der Waals surface area contributed by atoms with Crippen LogP contribution in [-0.4, -0.2) is 11.1 Å². The predicted molar refractivity (Wildman–Crippen MR) is 89.9 cm³/mol. The van der Waals surface area contributed by atoms with Crippen LogP contribution in [0.25, 0.3) is 10.9 Å². The van der Waals surface area contributed by atoms with Gasteiger partial charge in [-0.1, -0.05) is 48.9 Å². The summed E-state index contributed by atoms with van der Waals surface area (Å²) in [6.07, 6.45) is 0. The van der Waals surface area contributed by atoms with Crippen LogP contribution >= 0.6 is 11.6 Å². The zero-order chi connectivity index (χ0) is 14.7. The molecule has 3 aromatic rings. The lowest BCUT2D eigenvalue weighted by atomic mass is 10.2. The maximum atomic E-state index is 5.97. The second kappa shape index (κ2) is 6.33. The van der Waals surface area contributed by atoms with Crippen LogP contribution in [0.4, 0.5) is 0 Å². The Bertz CT molecular complexity index is 729. The molecular formula is C18H19ClN2. The van der Waals surface area contributed by atoms with Crippen molar-refractivity contribution >= 4 is 22.5 Å². The Labute approximate surface area is 130 Å². The zero-order valence-corrected chi connectivity index (χ0v) is 12.9. The Morgan fingerprint density at radius 3 is 2.57 bits per heavy atom. The minimum Gasteiger partial charge on any atom is -0.339 e. The molecule has 0 radical (unpaired) electrons. The Morgan fingerprint density at radius 2 is 1.81 bits per heavy atom. The van der Waals surface area contributed by atoms with E-state index in [1.165, 1.54) is 22.2 Å². The number of hydrogen-bond donors (Lipinski definition) is 1. The average molecular weight is 299 g/mol. The molecule has 3 heteroatoms. The molecule has 3 rings (SSSR count). The van der Waals surface area contributed by atoms with E-state index in [1.54, 1.807) is 0 Å². The van der Waals surface area contributed by atoms with Crippen LogP contribution in [0, 0.1) is 0 Å². The van der Waals surface area contributed by atoms with Crippen LogP contribution in [0.3, 0.4) is 0 Å². The lowest BCUT2D eigenvalue weighted by Gasteiger charge is -2.11. The van der Waals surface area contributed by atoms with Crippen molar-refractivity contribution in [3.8, 4) is 0 Å². The molecule has 1 heterocycles. The molecule has 0 aliphatic carbocycles. The highest BCUT2D eigenvalue weighted by Crippen LogP contribution is 2.22. The minimum absolute atomic E-state index is 0.781. The fourth-order valence-electron chi connectivity index (χ4n) is 2.63. The molecule has 0 unspecified atom stereocenters. The first-order chi connectivity index (χ1) is 10.3. The topological polar surface area (TPSA) is 17.0 Å². The van der Waals surface area contributed by atoms with Gasteiger partial charge in [0.2, 0.25) is 0 Å². The highest BCUT2D eigenvalue weighted by Gasteiger charge is 2.08. The van der Waals surface area contributed by atoms with Crippen molar-refractivity contribution in [2.75, 3.05) is 6.54 Å². The summed E-state index contributed by atoms with van der Waals surface area (Å²) >= 11 is 5.97. The molecule has 21 heavy (non-hydrogen) atoms. The number of nitrogens with one attached hydrogen (secondary N) is 1. The Morgan fingerprint density at radius 1 is 1.05 bits per heavy atom. The molecule has 0 bridgehead atoms. The van der Waals surface area contributed by atoms with E-state index >= 15 is 0 Å². The van der Waals surface area contributed by atoms with Gasteiger partial charge in [0.15, 0.2) is 0 Å². The Balaban J connectivity index is 1.99. The fourth-order valence-corrected chi connectivity index (χ4v) is 2.75. The molecule has 1 N–H and O–H groups in total. The van der Waals surface area contributed by atoms with E-state index in [0.717, 1.165) is 24.7 Å². The maximum absolute atomic E-state index is 5.97. The van der Waals surface area contributed by atoms with Gasteiger partial charge in [-0.05, 0) is 41.8 Å². The van der Waals surface area contributed by atoms with Crippen molar-refractivity contribution in [1.82, 2.24) is 9.88 Å². The molecule has 0 saturated heterocycles. The second-order valence-electron chi connectivity index (χ2n) is 5.19. The second-order valence-corrected chi connectivity index (χ2v) is 5.62. The molecule has 0 saturated carbocycles. The Hall–Kier alpha value is -1.77. The number of para-hydroxylation sites is 1. The summed E-state index contributed by atoms with van der Waals surface area (Å²) in [6, 6.07) is 18.9. The molecular weight excluding hydrogens is 280 g/mol. The molecule has 0 amide bonds. The first-order valence-electron chi connectivity index (χ1n) is 7.30. The summed E-state index contributed by atoms with van der Waals surface area (Å²) in [4.78, 5) is 0. The molecule has 0 spiro atoms. The predicted octanol–water partition coefficient (Wildman–Crippen LogP) is 4.45. The fraction of sp³-hybridized carbons (Fsp3) is 0.222. The van der Waals surface area contributed by atoms with Crippen LogP contribution in [0.5, 0.6) is 0 Å². The van der Waals surface area contributed by atoms with Gasteiger partial charge in [-0.3, -0.25) is 0 Å². The van der Waals surface area contributed by atoms with Gasteiger partial charge < -0.3 is 9.88 Å². The number of aromatic nitrogens is 1. The largest absolute Gasteiger partial charge is 0.339 e. The van der Waals surface area contributed by atoms with Crippen molar-refractivity contribution in [1.29, 1.82) is 0 Å². The molecule has 0 aliphatic rings. The normalized spacial score (nSPS) is 11.1. The quantitative estimate of drug-likeness (QED) is 0.736. The van der Waals surface area contributed by atoms with E-state index in [0.29, 0.717) is 0 Å². The highest BCUT2D eigenvalue weighted by molar-refractivity contribution is 6.30. The van der Waals surface area contributed by atoms with E-state index in [2.05, 4.69) is 59.3 Å². The third-order valence-corrected chi connectivity index (χ3v) is 3.96. The van der Waals surface area contributed by atoms with Crippen LogP contribution in [0.15, 0.2) is 54.6 Å². The number of halogens is 1. The maximum Gasteiger partial charge on any atom is 0.0486 e. The van der Waals surface area contributed by atoms with Crippen molar-refractivity contribution in [3.63, 3.8) is 0 Å². The van der Waals surface area contributed by atoms with Crippen molar-refractivity contribution in [3.05, 3.63) is 70.9 Å². The van der Waals surface area contributed by atoms with Crippen LogP contribution in [0.1, 0.15) is 18.2 Å². The van der Waals surface area contributed by atoms with Gasteiger partial charge in [0.1, 0.15) is 0 Å². The standard InChI is InChI=1S/C18H19ClN2/c1-2-20-12-17-11-15-5-3-4-6-18(15)21(17)13-14-7-9-16(19)10-8-14/h3-11,20H,2,12-13H2,1H3. The SMILES string of the molecule is CCNCc1cc2ccccc2n1Cc1ccc(Cl)cc1. The molecule has 2 aromatic carbocycles. The van der Waals surface area contributed by atoms with Gasteiger partial charge in [-0.15, -0.1) is 0 Å². The first-order valence-corrected chi connectivity index (χ1v) is 7.68. The summed E-state index contributed by atoms with van der Waals surface area (Å²) in [5.74, 6) is 0. The minimum atomic E-state index is 0.781. The van der Waals surface area contributed by atoms with E-state index in [-0.39, 0.29) is 0 Å². The number of fused-ring (bicyclic) bond motifs is 1. The highest BCUT2D eigenvalue weighted by atomic mass is 35.5. The average Bonchev–Trinajstić information content (AvgIpc) is 2.85. The third-order valence-electron chi connectivity index (χ3n) is 3.71. The molecule has 0 atom stereocenters. The van der Waals surface area contributed by atoms with Crippen LogP contribution in [0.2, 0.25) is 5.02 Å². The lowest BCUT2D eigenvalue weighted by Crippen LogP contribution is -2.15. The van der Waals surface area contributed by atoms with E-state index in [4.69, 9.17) is 11.6 Å². The van der Waals surface area contributed by atoms with Crippen LogP contribution < -0.4 is 5.32 Å². The lowest BCUT2D eigenvalue weighted by molar-refractivity contribution is 0.666. The van der Waals surface area contributed by atoms with E-state index in [1.807, 2.05) is 12.1 Å². The summed E-state index contributed by atoms with van der Waals surface area (Å²) in [6.45, 7) is 4.86. The van der Waals surface area contributed by atoms with Gasteiger partial charge in [0.25, 0.3) is 0 Å². The summed E-state index contributed by atoms with van der Waals surface area (Å²) in [5.41, 5.74) is 3.85. The van der Waals surface area contributed by atoms with Crippen molar-refractivity contribution in [2.24, 2.45) is 0 Å². The molecule has 1 aromatic heterocycles. The van der Waals surface area contributed by atoms with E-state index in [9.17, 15) is 0 Å². The third kappa shape index (κ3) is 3.12. The van der Waals surface area contributed by atoms with Gasteiger partial charge >= 0.3 is 0 Å². The van der Waals surface area contributed by atoms with Gasteiger partial charge in [0.05, 0.1) is 0 Å². The molecule has 2 nitrogen and oxygen atoms in total. The summed E-state index contributed by atoms with van der Waals surface area (Å²) in [7, 11) is 0. The monoisotopic (exact) mass is 298 g/mol. The van der Waals surface area contributed by atoms with Crippen molar-refractivity contribution < 1.29 is 0 Å². The Kier molecular flexibility index (Phi) is 4.28. The van der Waals surface area contributed by atoms with Gasteiger partial charge in [-0.2, -0.15) is 0 Å². The van der Waals surface area contributed by atoms with Crippen molar-refractivity contribution in [2.45, 2.75) is 20.0 Å². The van der Waals surface area contributed by atoms with Gasteiger partial charge in [0, 0.05) is 29.3 Å². The molecule has 0 fully saturated rings. The first kappa shape index (κ1) is 14.2. The number of rotatable bonds is 5. The van der Waals surface area contributed by atoms with E-state index < -0.39 is 0 Å². The number of benzene rings is 2. The molecule has 0 aliphatic heterocycles. The summed E-state index contributed by atoms with van der Waals surface area (Å²) in [5, 5.41) is 5.49. The van der Waals surface area contributed by atoms with Crippen LogP contribution in [-0.2, 0) is 13.1 Å².